The Labute approximate surface area is 221 Å². The first-order valence-corrected chi connectivity index (χ1v) is 12.6. The highest BCUT2D eigenvalue weighted by atomic mass is 16.5. The quantitative estimate of drug-likeness (QED) is 0.262. The predicted molar refractivity (Wildman–Crippen MR) is 140 cm³/mol. The molecule has 3 aliphatic rings. The van der Waals surface area contributed by atoms with Crippen LogP contribution < -0.4 is 14.9 Å². The van der Waals surface area contributed by atoms with Crippen molar-refractivity contribution in [2.45, 2.75) is 31.9 Å². The van der Waals surface area contributed by atoms with Gasteiger partial charge < -0.3 is 38.8 Å². The summed E-state index contributed by atoms with van der Waals surface area (Å²) in [5.41, 5.74) is 0.789. The lowest BCUT2D eigenvalue weighted by atomic mass is 9.78. The summed E-state index contributed by atoms with van der Waals surface area (Å²) in [6.07, 6.45) is 1.16. The van der Waals surface area contributed by atoms with E-state index in [0.717, 1.165) is 0 Å². The molecule has 1 amide bonds. The fraction of sp³-hybridized carbons (Fsp3) is 0.310. The number of hydrogen-bond donors (Lipinski definition) is 3. The van der Waals surface area contributed by atoms with Crippen molar-refractivity contribution < 1.29 is 38.7 Å². The number of benzene rings is 3. The van der Waals surface area contributed by atoms with Crippen LogP contribution in [0.5, 0.6) is 28.7 Å². The molecule has 0 saturated carbocycles. The summed E-state index contributed by atoms with van der Waals surface area (Å²) in [4.78, 5) is 28.8. The molecular formula is C29H25NO9. The Kier molecular flexibility index (Phi) is 4.73. The van der Waals surface area contributed by atoms with Crippen LogP contribution in [-0.4, -0.2) is 59.2 Å². The molecule has 1 aromatic heterocycles. The average Bonchev–Trinajstić information content (AvgIpc) is 3.31. The maximum absolute atomic E-state index is 13.7. The number of amides is 1. The third-order valence-corrected chi connectivity index (χ3v) is 8.31. The van der Waals surface area contributed by atoms with Gasteiger partial charge >= 0.3 is 0 Å². The molecule has 0 radical (unpaired) electrons. The normalized spacial score (nSPS) is 19.6. The molecule has 4 aromatic rings. The van der Waals surface area contributed by atoms with Gasteiger partial charge in [-0.3, -0.25) is 9.59 Å². The van der Waals surface area contributed by atoms with E-state index in [1.807, 2.05) is 13.0 Å². The van der Waals surface area contributed by atoms with E-state index in [4.69, 9.17) is 18.6 Å². The molecule has 3 aromatic carbocycles. The number of methoxy groups -OCH3 is 2. The van der Waals surface area contributed by atoms with Crippen molar-refractivity contribution in [3.8, 4) is 39.9 Å². The van der Waals surface area contributed by atoms with E-state index in [-0.39, 0.29) is 56.0 Å². The van der Waals surface area contributed by atoms with Crippen LogP contribution in [0.2, 0.25) is 0 Å². The van der Waals surface area contributed by atoms with Crippen molar-refractivity contribution in [2.24, 2.45) is 0 Å². The first kappa shape index (κ1) is 23.7. The maximum atomic E-state index is 13.7. The maximum Gasteiger partial charge on any atom is 0.260 e. The molecule has 1 fully saturated rings. The number of ether oxygens (including phenoxy) is 3. The van der Waals surface area contributed by atoms with Gasteiger partial charge in [-0.05, 0) is 37.0 Å². The minimum Gasteiger partial charge on any atom is -0.506 e. The highest BCUT2D eigenvalue weighted by Crippen LogP contribution is 2.53. The molecule has 0 bridgehead atoms. The van der Waals surface area contributed by atoms with E-state index in [0.29, 0.717) is 60.6 Å². The molecule has 0 spiro atoms. The van der Waals surface area contributed by atoms with Gasteiger partial charge in [0.05, 0.1) is 31.8 Å². The summed E-state index contributed by atoms with van der Waals surface area (Å²) in [6.45, 7) is 2.67. The van der Waals surface area contributed by atoms with Crippen LogP contribution in [0.25, 0.3) is 33.1 Å². The van der Waals surface area contributed by atoms with Crippen molar-refractivity contribution in [1.82, 2.24) is 4.90 Å². The molecule has 10 heteroatoms. The monoisotopic (exact) mass is 531 g/mol. The standard InChI is InChI=1S/C29H25NO9/c1-29-11-13-8-12-4-5-14-21(19(12)25(33)20(13)28(35)30(29)6-7-38-29)26(34)22-23(31)15-9-17(36-2)18(37-3)10-16(15)39-27(22)24(14)32/h8-10,32-34H,4-7,11H2,1-3H3/t29-/m1/s1. The summed E-state index contributed by atoms with van der Waals surface area (Å²) in [5.74, 6) is -0.752. The number of aryl methyl sites for hydroxylation is 1. The fourth-order valence-electron chi connectivity index (χ4n) is 6.46. The van der Waals surface area contributed by atoms with Crippen molar-refractivity contribution >= 4 is 27.8 Å². The molecule has 2 aliphatic heterocycles. The molecule has 1 saturated heterocycles. The van der Waals surface area contributed by atoms with E-state index >= 15 is 0 Å². The van der Waals surface area contributed by atoms with Gasteiger partial charge in [0, 0.05) is 35.7 Å². The lowest BCUT2D eigenvalue weighted by Crippen LogP contribution is -2.51. The molecular weight excluding hydrogens is 506 g/mol. The second-order valence-corrected chi connectivity index (χ2v) is 10.3. The van der Waals surface area contributed by atoms with Gasteiger partial charge in [0.25, 0.3) is 5.91 Å². The first-order chi connectivity index (χ1) is 18.7. The number of carbonyl (C=O) groups excluding carboxylic acids is 1. The topological polar surface area (TPSA) is 139 Å². The zero-order valence-corrected chi connectivity index (χ0v) is 21.5. The predicted octanol–water partition coefficient (Wildman–Crippen LogP) is 3.59. The third-order valence-electron chi connectivity index (χ3n) is 8.31. The summed E-state index contributed by atoms with van der Waals surface area (Å²) >= 11 is 0. The number of carbonyl (C=O) groups is 1. The minimum absolute atomic E-state index is 0.115. The second kappa shape index (κ2) is 7.79. The number of rotatable bonds is 2. The van der Waals surface area contributed by atoms with Crippen molar-refractivity contribution in [3.63, 3.8) is 0 Å². The molecule has 10 nitrogen and oxygen atoms in total. The zero-order valence-electron chi connectivity index (χ0n) is 21.5. The summed E-state index contributed by atoms with van der Waals surface area (Å²) in [7, 11) is 2.89. The van der Waals surface area contributed by atoms with E-state index in [2.05, 4.69) is 0 Å². The molecule has 3 heterocycles. The van der Waals surface area contributed by atoms with Gasteiger partial charge in [-0.15, -0.1) is 0 Å². The molecule has 7 rings (SSSR count). The molecule has 1 aliphatic carbocycles. The minimum atomic E-state index is -0.780. The smallest absolute Gasteiger partial charge is 0.260 e. The molecule has 200 valence electrons. The first-order valence-electron chi connectivity index (χ1n) is 12.6. The highest BCUT2D eigenvalue weighted by molar-refractivity contribution is 6.07. The van der Waals surface area contributed by atoms with Crippen molar-refractivity contribution in [2.75, 3.05) is 27.4 Å². The van der Waals surface area contributed by atoms with Gasteiger partial charge in [-0.1, -0.05) is 6.07 Å². The second-order valence-electron chi connectivity index (χ2n) is 10.3. The Morgan fingerprint density at radius 3 is 2.38 bits per heavy atom. The lowest BCUT2D eigenvalue weighted by molar-refractivity contribution is -0.0568. The number of phenols is 3. The summed E-state index contributed by atoms with van der Waals surface area (Å²) < 4.78 is 22.4. The Hall–Kier alpha value is -4.44. The molecule has 39 heavy (non-hydrogen) atoms. The molecule has 1 atom stereocenters. The largest absolute Gasteiger partial charge is 0.506 e. The highest BCUT2D eigenvalue weighted by Gasteiger charge is 2.48. The van der Waals surface area contributed by atoms with Gasteiger partial charge in [-0.25, -0.2) is 0 Å². The Bertz CT molecular complexity index is 1840. The van der Waals surface area contributed by atoms with E-state index in [9.17, 15) is 24.9 Å². The van der Waals surface area contributed by atoms with Crippen LogP contribution in [0.4, 0.5) is 0 Å². The van der Waals surface area contributed by atoms with Crippen LogP contribution in [-0.2, 0) is 24.0 Å². The number of hydrogen-bond acceptors (Lipinski definition) is 9. The molecule has 3 N–H and O–H groups in total. The fourth-order valence-corrected chi connectivity index (χ4v) is 6.46. The van der Waals surface area contributed by atoms with Gasteiger partial charge in [0.1, 0.15) is 28.2 Å². The van der Waals surface area contributed by atoms with E-state index < -0.39 is 16.9 Å². The van der Waals surface area contributed by atoms with Gasteiger partial charge in [0.2, 0.25) is 5.43 Å². The lowest BCUT2D eigenvalue weighted by Gasteiger charge is -2.39. The van der Waals surface area contributed by atoms with Gasteiger partial charge in [-0.2, -0.15) is 0 Å². The van der Waals surface area contributed by atoms with Crippen molar-refractivity contribution in [1.29, 1.82) is 0 Å². The zero-order chi connectivity index (χ0) is 27.4. The van der Waals surface area contributed by atoms with Crippen LogP contribution in [0, 0.1) is 0 Å². The third kappa shape index (κ3) is 2.94. The Morgan fingerprint density at radius 2 is 1.64 bits per heavy atom. The molecule has 0 unspecified atom stereocenters. The number of fused-ring (bicyclic) bond motifs is 7. The SMILES string of the molecule is COc1cc2oc3c(O)c4c(c(O)c3c(=O)c2cc1OC)-c1c(cc2c(c1O)C(=O)N1CCO[C@]1(C)C2)CC4. The Balaban J connectivity index is 1.53. The average molecular weight is 532 g/mol. The summed E-state index contributed by atoms with van der Waals surface area (Å²) in [6, 6.07) is 4.79. The van der Waals surface area contributed by atoms with Crippen LogP contribution in [0.3, 0.4) is 0 Å². The number of aromatic hydroxyl groups is 3. The van der Waals surface area contributed by atoms with Crippen LogP contribution in [0.15, 0.2) is 27.4 Å². The number of phenolic OH excluding ortho intramolecular Hbond substituents is 3. The van der Waals surface area contributed by atoms with E-state index in [1.165, 1.54) is 26.4 Å². The Morgan fingerprint density at radius 1 is 0.897 bits per heavy atom. The van der Waals surface area contributed by atoms with Crippen LogP contribution >= 0.6 is 0 Å². The van der Waals surface area contributed by atoms with Crippen LogP contribution in [0.1, 0.15) is 34.0 Å². The summed E-state index contributed by atoms with van der Waals surface area (Å²) in [5, 5.41) is 34.3. The van der Waals surface area contributed by atoms with Gasteiger partial charge in [0.15, 0.2) is 22.8 Å². The van der Waals surface area contributed by atoms with Crippen molar-refractivity contribution in [3.05, 3.63) is 50.7 Å². The van der Waals surface area contributed by atoms with E-state index in [1.54, 1.807) is 4.90 Å². The number of nitrogens with zero attached hydrogens (tertiary/aromatic N) is 1.